The summed E-state index contributed by atoms with van der Waals surface area (Å²) >= 11 is 2.25. The topological polar surface area (TPSA) is 103 Å². The number of nitrogen functional groups attached to an aromatic ring is 1. The molecule has 29 heavy (non-hydrogen) atoms. The molecule has 0 aromatic carbocycles. The van der Waals surface area contributed by atoms with Gasteiger partial charge in [0, 0.05) is 6.42 Å². The first-order valence-corrected chi connectivity index (χ1v) is 10.1. The van der Waals surface area contributed by atoms with Crippen LogP contribution >= 0.6 is 23.1 Å². The minimum atomic E-state index is -4.73. The van der Waals surface area contributed by atoms with Crippen molar-refractivity contribution in [2.75, 3.05) is 11.6 Å². The molecule has 0 fully saturated rings. The maximum absolute atomic E-state index is 12.8. The fourth-order valence-corrected chi connectivity index (χ4v) is 4.23. The SMILES string of the molecule is Nn1c(SCC(=O)N2N=C(c3cccs3)C[C@@H]2c2ccco2)nnc1C(F)(F)F. The summed E-state index contributed by atoms with van der Waals surface area (Å²) < 4.78 is 44.1. The molecule has 0 saturated carbocycles. The number of rotatable bonds is 5. The molecule has 3 aromatic rings. The van der Waals surface area contributed by atoms with Gasteiger partial charge in [-0.1, -0.05) is 17.8 Å². The number of thioether (sulfide) groups is 1. The quantitative estimate of drug-likeness (QED) is 0.481. The molecule has 2 N–H and O–H groups in total. The van der Waals surface area contributed by atoms with Crippen LogP contribution in [-0.4, -0.2) is 37.3 Å². The Balaban J connectivity index is 1.52. The minimum Gasteiger partial charge on any atom is -0.467 e. The maximum atomic E-state index is 12.8. The van der Waals surface area contributed by atoms with Gasteiger partial charge >= 0.3 is 6.18 Å². The Kier molecular flexibility index (Phi) is 5.08. The van der Waals surface area contributed by atoms with E-state index in [9.17, 15) is 18.0 Å². The van der Waals surface area contributed by atoms with Crippen molar-refractivity contribution in [2.45, 2.75) is 23.8 Å². The average molecular weight is 442 g/mol. The second-order valence-corrected chi connectivity index (χ2v) is 7.85. The molecular weight excluding hydrogens is 429 g/mol. The molecule has 0 spiro atoms. The number of hydrogen-bond donors (Lipinski definition) is 1. The molecular formula is C16H13F3N6O2S2. The Labute approximate surface area is 170 Å². The van der Waals surface area contributed by atoms with Gasteiger partial charge in [-0.25, -0.2) is 9.69 Å². The monoisotopic (exact) mass is 442 g/mol. The normalized spacial score (nSPS) is 17.0. The Morgan fingerprint density at radius 3 is 2.79 bits per heavy atom. The molecule has 3 aromatic heterocycles. The van der Waals surface area contributed by atoms with Crippen LogP contribution in [0.25, 0.3) is 0 Å². The van der Waals surface area contributed by atoms with E-state index in [1.165, 1.54) is 22.6 Å². The maximum Gasteiger partial charge on any atom is 0.453 e. The van der Waals surface area contributed by atoms with Gasteiger partial charge < -0.3 is 10.3 Å². The number of amides is 1. The first kappa shape index (κ1) is 19.5. The highest BCUT2D eigenvalue weighted by Crippen LogP contribution is 2.35. The van der Waals surface area contributed by atoms with E-state index in [0.29, 0.717) is 16.9 Å². The predicted molar refractivity (Wildman–Crippen MR) is 99.7 cm³/mol. The second kappa shape index (κ2) is 7.55. The number of thiophene rings is 1. The molecule has 152 valence electrons. The summed E-state index contributed by atoms with van der Waals surface area (Å²) in [7, 11) is 0. The lowest BCUT2D eigenvalue weighted by Crippen LogP contribution is -2.28. The number of hydrogen-bond acceptors (Lipinski definition) is 8. The summed E-state index contributed by atoms with van der Waals surface area (Å²) in [5.41, 5.74) is 0.737. The first-order chi connectivity index (χ1) is 13.8. The van der Waals surface area contributed by atoms with E-state index in [0.717, 1.165) is 22.4 Å². The molecule has 0 radical (unpaired) electrons. The van der Waals surface area contributed by atoms with Gasteiger partial charge in [0.15, 0.2) is 0 Å². The number of carbonyl (C=O) groups excluding carboxylic acids is 1. The summed E-state index contributed by atoms with van der Waals surface area (Å²) in [6, 6.07) is 6.82. The number of hydrazone groups is 1. The molecule has 4 heterocycles. The molecule has 13 heteroatoms. The van der Waals surface area contributed by atoms with Crippen molar-refractivity contribution in [1.82, 2.24) is 19.9 Å². The summed E-state index contributed by atoms with van der Waals surface area (Å²) in [5.74, 6) is 4.01. The van der Waals surface area contributed by atoms with E-state index in [4.69, 9.17) is 10.3 Å². The van der Waals surface area contributed by atoms with Crippen molar-refractivity contribution in [2.24, 2.45) is 5.10 Å². The number of carbonyl (C=O) groups is 1. The minimum absolute atomic E-state index is 0.217. The summed E-state index contributed by atoms with van der Waals surface area (Å²) in [6.07, 6.45) is -2.76. The van der Waals surface area contributed by atoms with Crippen molar-refractivity contribution in [3.05, 3.63) is 52.4 Å². The Hall–Kier alpha value is -2.80. The van der Waals surface area contributed by atoms with Gasteiger partial charge in [0.1, 0.15) is 11.8 Å². The molecule has 0 bridgehead atoms. The molecule has 1 amide bonds. The number of furan rings is 1. The smallest absolute Gasteiger partial charge is 0.453 e. The number of aromatic nitrogens is 3. The zero-order valence-electron chi connectivity index (χ0n) is 14.5. The molecule has 0 saturated heterocycles. The lowest BCUT2D eigenvalue weighted by molar-refractivity contribution is -0.146. The Morgan fingerprint density at radius 2 is 2.17 bits per heavy atom. The van der Waals surface area contributed by atoms with Crippen LogP contribution in [0.3, 0.4) is 0 Å². The van der Waals surface area contributed by atoms with E-state index in [1.807, 2.05) is 17.5 Å². The fourth-order valence-electron chi connectivity index (χ4n) is 2.80. The van der Waals surface area contributed by atoms with Crippen molar-refractivity contribution in [3.8, 4) is 0 Å². The van der Waals surface area contributed by atoms with E-state index < -0.39 is 23.9 Å². The zero-order chi connectivity index (χ0) is 20.6. The molecule has 8 nitrogen and oxygen atoms in total. The third-order valence-electron chi connectivity index (χ3n) is 4.09. The van der Waals surface area contributed by atoms with Gasteiger partial charge in [-0.15, -0.1) is 21.5 Å². The van der Waals surface area contributed by atoms with E-state index in [-0.39, 0.29) is 10.9 Å². The van der Waals surface area contributed by atoms with Gasteiger partial charge in [0.05, 0.1) is 22.6 Å². The van der Waals surface area contributed by atoms with Crippen LogP contribution in [0.1, 0.15) is 28.9 Å². The highest BCUT2D eigenvalue weighted by molar-refractivity contribution is 7.99. The van der Waals surface area contributed by atoms with Crippen LogP contribution in [0.15, 0.2) is 50.6 Å². The van der Waals surface area contributed by atoms with E-state index in [2.05, 4.69) is 15.3 Å². The third-order valence-corrected chi connectivity index (χ3v) is 5.93. The highest BCUT2D eigenvalue weighted by atomic mass is 32.2. The van der Waals surface area contributed by atoms with Gasteiger partial charge in [0.2, 0.25) is 5.16 Å². The number of halogens is 3. The van der Waals surface area contributed by atoms with Gasteiger partial charge in [-0.3, -0.25) is 4.79 Å². The predicted octanol–water partition coefficient (Wildman–Crippen LogP) is 3.14. The molecule has 0 aliphatic carbocycles. The number of nitrogens with two attached hydrogens (primary N) is 1. The Morgan fingerprint density at radius 1 is 1.34 bits per heavy atom. The van der Waals surface area contributed by atoms with Crippen molar-refractivity contribution in [1.29, 1.82) is 0 Å². The average Bonchev–Trinajstić information content (AvgIpc) is 3.44. The summed E-state index contributed by atoms with van der Waals surface area (Å²) in [4.78, 5) is 13.7. The molecule has 1 aliphatic heterocycles. The van der Waals surface area contributed by atoms with Gasteiger partial charge in [-0.05, 0) is 23.6 Å². The van der Waals surface area contributed by atoms with Crippen LogP contribution < -0.4 is 5.84 Å². The largest absolute Gasteiger partial charge is 0.467 e. The number of nitrogens with zero attached hydrogens (tertiary/aromatic N) is 5. The fraction of sp³-hybridized carbons (Fsp3) is 0.250. The highest BCUT2D eigenvalue weighted by Gasteiger charge is 2.39. The van der Waals surface area contributed by atoms with Crippen molar-refractivity contribution in [3.63, 3.8) is 0 Å². The van der Waals surface area contributed by atoms with Crippen molar-refractivity contribution < 1.29 is 22.4 Å². The summed E-state index contributed by atoms with van der Waals surface area (Å²) in [6.45, 7) is 0. The lowest BCUT2D eigenvalue weighted by Gasteiger charge is -2.19. The molecule has 4 rings (SSSR count). The first-order valence-electron chi connectivity index (χ1n) is 8.22. The van der Waals surface area contributed by atoms with E-state index in [1.54, 1.807) is 12.1 Å². The van der Waals surface area contributed by atoms with Gasteiger partial charge in [0.25, 0.3) is 11.7 Å². The van der Waals surface area contributed by atoms with Gasteiger partial charge in [-0.2, -0.15) is 18.3 Å². The zero-order valence-corrected chi connectivity index (χ0v) is 16.2. The van der Waals surface area contributed by atoms with Crippen LogP contribution in [0.4, 0.5) is 13.2 Å². The third kappa shape index (κ3) is 3.87. The molecule has 0 unspecified atom stereocenters. The standard InChI is InChI=1S/C16H13F3N6O2S2/c17-16(18,19)14-21-22-15(24(14)20)29-8-13(26)25-10(11-3-1-5-27-11)7-9(23-25)12-4-2-6-28-12/h1-6,10H,7-8,20H2/t10-/m1/s1. The number of alkyl halides is 3. The molecule has 1 atom stereocenters. The van der Waals surface area contributed by atoms with Crippen molar-refractivity contribution >= 4 is 34.7 Å². The van der Waals surface area contributed by atoms with Crippen LogP contribution in [0.5, 0.6) is 0 Å². The van der Waals surface area contributed by atoms with Crippen LogP contribution in [0, 0.1) is 0 Å². The second-order valence-electron chi connectivity index (χ2n) is 5.96. The van der Waals surface area contributed by atoms with Crippen LogP contribution in [-0.2, 0) is 11.0 Å². The van der Waals surface area contributed by atoms with Crippen LogP contribution in [0.2, 0.25) is 0 Å². The summed E-state index contributed by atoms with van der Waals surface area (Å²) in [5, 5.41) is 13.9. The lowest BCUT2D eigenvalue weighted by atomic mass is 10.1. The molecule has 1 aliphatic rings. The Bertz CT molecular complexity index is 1030. The van der Waals surface area contributed by atoms with E-state index >= 15 is 0 Å².